The zero-order valence-electron chi connectivity index (χ0n) is 51.9. The van der Waals surface area contributed by atoms with Crippen molar-refractivity contribution in [3.05, 3.63) is 0 Å². The normalized spacial score (nSPS) is 18.7. The van der Waals surface area contributed by atoms with Gasteiger partial charge in [-0.1, -0.05) is 258 Å². The Morgan fingerprint density at radius 1 is 0.500 bits per heavy atom. The van der Waals surface area contributed by atoms with Crippen LogP contribution in [-0.2, 0) is 82.1 Å². The molecule has 0 aromatic rings. The van der Waals surface area contributed by atoms with Crippen LogP contribution in [-0.4, -0.2) is 133 Å². The minimum absolute atomic E-state index is 0.00662. The lowest BCUT2D eigenvalue weighted by molar-refractivity contribution is -0.263. The summed E-state index contributed by atoms with van der Waals surface area (Å²) in [5.74, 6) is -0.965. The van der Waals surface area contributed by atoms with Gasteiger partial charge >= 0.3 is 41.6 Å². The highest BCUT2D eigenvalue weighted by molar-refractivity contribution is 7.81. The zero-order chi connectivity index (χ0) is 62.4. The summed E-state index contributed by atoms with van der Waals surface area (Å²) in [6, 6.07) is -1.97. The number of carbonyl (C=O) groups is 1. The number of hydrogen-bond donors (Lipinski definition) is 5. The fourth-order valence-corrected chi connectivity index (χ4v) is 12.5. The molecule has 1 saturated heterocycles. The van der Waals surface area contributed by atoms with E-state index in [2.05, 4.69) is 31.7 Å². The van der Waals surface area contributed by atoms with Gasteiger partial charge in [-0.3, -0.25) is 23.0 Å². The van der Waals surface area contributed by atoms with Gasteiger partial charge < -0.3 is 24.3 Å². The van der Waals surface area contributed by atoms with Crippen molar-refractivity contribution in [2.24, 2.45) is 0 Å². The average Bonchev–Trinajstić information content (AvgIpc) is 3.18. The van der Waals surface area contributed by atoms with Crippen molar-refractivity contribution in [3.8, 4) is 0 Å². The molecule has 0 saturated carbocycles. The SMILES string of the molecule is CCCCCCCCCCCCCCCCCCCCCCOCC(C)(CO[C@H]1C[C@H](OS(=O)(=O)O)[C@@H](NC(C)=O)[C@H]([C@@H](OS(=O)(=O)O)[C@@H](COS(=O)(=O)O)OS(=O)(=O)O)O1)OCCCCCCCCCCCCCCCCCCCCCC. The van der Waals surface area contributed by atoms with Crippen LogP contribution in [0.15, 0.2) is 0 Å². The van der Waals surface area contributed by atoms with Crippen molar-refractivity contribution in [2.75, 3.05) is 33.0 Å². The predicted octanol–water partition coefficient (Wildman–Crippen LogP) is 13.4. The monoisotopic (exact) mass is 1290 g/mol. The third-order valence-electron chi connectivity index (χ3n) is 15.2. The van der Waals surface area contributed by atoms with E-state index in [9.17, 15) is 56.7 Å². The molecule has 0 spiro atoms. The molecule has 1 aliphatic heterocycles. The molecule has 1 aliphatic rings. The van der Waals surface area contributed by atoms with E-state index in [1.165, 1.54) is 199 Å². The van der Waals surface area contributed by atoms with Crippen LogP contribution in [0.4, 0.5) is 0 Å². The van der Waals surface area contributed by atoms with E-state index < -0.39 is 103 Å². The zero-order valence-corrected chi connectivity index (χ0v) is 55.1. The number of unbranched alkanes of at least 4 members (excludes halogenated alkanes) is 38. The van der Waals surface area contributed by atoms with Gasteiger partial charge in [0.2, 0.25) is 5.91 Å². The number of ether oxygens (including phenoxy) is 4. The van der Waals surface area contributed by atoms with E-state index in [0.717, 1.165) is 58.3 Å². The van der Waals surface area contributed by atoms with Crippen LogP contribution in [0.1, 0.15) is 291 Å². The summed E-state index contributed by atoms with van der Waals surface area (Å²) in [4.78, 5) is 12.5. The van der Waals surface area contributed by atoms with E-state index in [1.54, 1.807) is 6.92 Å². The summed E-state index contributed by atoms with van der Waals surface area (Å²) in [6.45, 7) is 5.82. The molecule has 1 fully saturated rings. The van der Waals surface area contributed by atoms with Gasteiger partial charge in [-0.15, -0.1) is 0 Å². The third-order valence-corrected chi connectivity index (χ3v) is 17.1. The van der Waals surface area contributed by atoms with Gasteiger partial charge in [-0.25, -0.2) is 16.7 Å². The van der Waals surface area contributed by atoms with E-state index in [0.29, 0.717) is 19.6 Å². The number of carbonyl (C=O) groups excluding carboxylic acids is 1. The molecular weight excluding hydrogens is 1170 g/mol. The van der Waals surface area contributed by atoms with E-state index >= 15 is 0 Å². The van der Waals surface area contributed by atoms with E-state index in [-0.39, 0.29) is 13.2 Å². The van der Waals surface area contributed by atoms with Crippen LogP contribution in [0.2, 0.25) is 0 Å². The van der Waals surface area contributed by atoms with Crippen molar-refractivity contribution in [1.29, 1.82) is 0 Å². The Morgan fingerprint density at radius 2 is 0.857 bits per heavy atom. The Kier molecular flexibility index (Phi) is 46.8. The topological polar surface area (TPSA) is 320 Å². The summed E-state index contributed by atoms with van der Waals surface area (Å²) < 4.78 is 177. The molecule has 0 radical (unpaired) electrons. The first-order valence-electron chi connectivity index (χ1n) is 32.2. The molecule has 502 valence electrons. The second-order valence-electron chi connectivity index (χ2n) is 23.4. The highest BCUT2D eigenvalue weighted by atomic mass is 32.3. The quantitative estimate of drug-likeness (QED) is 0.0279. The smallest absolute Gasteiger partial charge is 0.378 e. The van der Waals surface area contributed by atoms with Gasteiger partial charge in [0.25, 0.3) is 0 Å². The summed E-state index contributed by atoms with van der Waals surface area (Å²) >= 11 is 0. The molecule has 0 aromatic heterocycles. The van der Waals surface area contributed by atoms with Crippen LogP contribution < -0.4 is 5.32 Å². The van der Waals surface area contributed by atoms with Crippen LogP contribution >= 0.6 is 0 Å². The van der Waals surface area contributed by atoms with Crippen molar-refractivity contribution in [3.63, 3.8) is 0 Å². The first-order chi connectivity index (χ1) is 39.9. The standard InChI is InChI=1S/C58H115NO21S4/c1-5-7-9-11-13-15-17-19-21-23-25-27-29-31-33-35-37-39-41-43-45-73-49-58(4,75-46-44-42-40-38-36-34-32-30-28-26-24-22-20-18-16-14-12-10-8-6-2)50-74-54-47-52(78-82(64,65)66)55(59-51(3)60)57(77-54)56(80-84(70,71)72)53(79-83(67,68)69)48-76-81(61,62)63/h52-57H,5-50H2,1-4H3,(H,59,60)(H,61,62,63)(H,64,65,66)(H,67,68,69)(H,70,71,72)/t52-,53+,54+,55+,56-,57+,58?/m0/s1. The molecule has 22 nitrogen and oxygen atoms in total. The molecular formula is C58H115NO21S4. The van der Waals surface area contributed by atoms with Crippen LogP contribution in [0.3, 0.4) is 0 Å². The molecule has 1 heterocycles. The maximum absolute atomic E-state index is 12.5. The molecule has 7 atom stereocenters. The average molecular weight is 1290 g/mol. The van der Waals surface area contributed by atoms with Crippen LogP contribution in [0.5, 0.6) is 0 Å². The van der Waals surface area contributed by atoms with Gasteiger partial charge in [0.1, 0.15) is 30.0 Å². The van der Waals surface area contributed by atoms with Gasteiger partial charge in [0.05, 0.1) is 25.9 Å². The second-order valence-corrected chi connectivity index (χ2v) is 27.6. The molecule has 26 heteroatoms. The molecule has 0 aliphatic carbocycles. The Labute approximate surface area is 509 Å². The predicted molar refractivity (Wildman–Crippen MR) is 325 cm³/mol. The first kappa shape index (κ1) is 80.8. The van der Waals surface area contributed by atoms with Crippen LogP contribution in [0.25, 0.3) is 0 Å². The van der Waals surface area contributed by atoms with Gasteiger partial charge in [-0.2, -0.15) is 33.7 Å². The lowest BCUT2D eigenvalue weighted by Crippen LogP contribution is -2.65. The highest BCUT2D eigenvalue weighted by Gasteiger charge is 2.51. The Morgan fingerprint density at radius 3 is 1.19 bits per heavy atom. The molecule has 84 heavy (non-hydrogen) atoms. The maximum Gasteiger partial charge on any atom is 0.397 e. The number of rotatable bonds is 60. The minimum atomic E-state index is -5.75. The maximum atomic E-state index is 12.5. The van der Waals surface area contributed by atoms with Gasteiger partial charge in [-0.05, 0) is 19.8 Å². The summed E-state index contributed by atoms with van der Waals surface area (Å²) in [6.07, 6.45) is 37.7. The molecule has 5 N–H and O–H groups in total. The molecule has 0 aromatic carbocycles. The Hall–Kier alpha value is -1.21. The fraction of sp³-hybridized carbons (Fsp3) is 0.983. The number of nitrogens with one attached hydrogen (secondary N) is 1. The Bertz CT molecular complexity index is 2070. The highest BCUT2D eigenvalue weighted by Crippen LogP contribution is 2.32. The van der Waals surface area contributed by atoms with Crippen molar-refractivity contribution >= 4 is 47.5 Å². The second kappa shape index (κ2) is 48.6. The van der Waals surface area contributed by atoms with Gasteiger partial charge in [0.15, 0.2) is 6.29 Å². The van der Waals surface area contributed by atoms with Crippen molar-refractivity contribution < 1.29 is 92.4 Å². The van der Waals surface area contributed by atoms with Gasteiger partial charge in [0, 0.05) is 26.6 Å². The number of hydrogen-bond acceptors (Lipinski definition) is 17. The largest absolute Gasteiger partial charge is 0.397 e. The van der Waals surface area contributed by atoms with Crippen molar-refractivity contribution in [1.82, 2.24) is 5.32 Å². The first-order valence-corrected chi connectivity index (χ1v) is 37.7. The third kappa shape index (κ3) is 48.7. The lowest BCUT2D eigenvalue weighted by atomic mass is 9.92. The molecule has 1 rings (SSSR count). The number of amides is 1. The molecule has 1 amide bonds. The minimum Gasteiger partial charge on any atom is -0.378 e. The van der Waals surface area contributed by atoms with Crippen LogP contribution in [0, 0.1) is 0 Å². The summed E-state index contributed by atoms with van der Waals surface area (Å²) in [5, 5.41) is 2.22. The van der Waals surface area contributed by atoms with E-state index in [1.807, 2.05) is 0 Å². The fourth-order valence-electron chi connectivity index (χ4n) is 10.7. The van der Waals surface area contributed by atoms with E-state index in [4.69, 9.17) is 23.1 Å². The molecule has 1 unspecified atom stereocenters. The Balaban J connectivity index is 2.94. The lowest BCUT2D eigenvalue weighted by Gasteiger charge is -2.44. The van der Waals surface area contributed by atoms with Crippen molar-refractivity contribution in [2.45, 2.75) is 333 Å². The molecule has 0 bridgehead atoms. The summed E-state index contributed by atoms with van der Waals surface area (Å²) in [7, 11) is -22.3. The summed E-state index contributed by atoms with van der Waals surface area (Å²) in [5.41, 5.74) is -1.21.